The second-order valence-corrected chi connectivity index (χ2v) is 8.67. The normalized spacial score (nSPS) is 14.8. The van der Waals surface area contributed by atoms with Gasteiger partial charge in [0, 0.05) is 5.75 Å². The molecule has 3 amide bonds. The van der Waals surface area contributed by atoms with E-state index in [0.29, 0.717) is 12.2 Å². The van der Waals surface area contributed by atoms with Gasteiger partial charge in [-0.05, 0) is 30.8 Å². The van der Waals surface area contributed by atoms with Gasteiger partial charge in [0.1, 0.15) is 18.1 Å². The van der Waals surface area contributed by atoms with E-state index in [9.17, 15) is 24.0 Å². The summed E-state index contributed by atoms with van der Waals surface area (Å²) in [6.45, 7) is 3.80. The maximum atomic E-state index is 12.6. The highest BCUT2D eigenvalue weighted by molar-refractivity contribution is 7.98. The lowest BCUT2D eigenvalue weighted by molar-refractivity contribution is -0.147. The summed E-state index contributed by atoms with van der Waals surface area (Å²) in [6, 6.07) is -4.64. The Bertz CT molecular complexity index is 648. The van der Waals surface area contributed by atoms with Crippen LogP contribution < -0.4 is 21.7 Å². The summed E-state index contributed by atoms with van der Waals surface area (Å²) in [4.78, 5) is 59.4. The van der Waals surface area contributed by atoms with E-state index in [1.54, 1.807) is 6.26 Å². The van der Waals surface area contributed by atoms with Gasteiger partial charge in [-0.1, -0.05) is 13.8 Å². The molecule has 0 bridgehead atoms. The highest BCUT2D eigenvalue weighted by Crippen LogP contribution is 2.06. The number of aliphatic carboxylic acids is 2. The van der Waals surface area contributed by atoms with Crippen LogP contribution in [0.25, 0.3) is 0 Å². The van der Waals surface area contributed by atoms with Crippen LogP contribution in [0.3, 0.4) is 0 Å². The molecule has 13 heteroatoms. The first-order valence-electron chi connectivity index (χ1n) is 9.63. The fourth-order valence-corrected chi connectivity index (χ4v) is 3.24. The van der Waals surface area contributed by atoms with Crippen LogP contribution in [0.5, 0.6) is 0 Å². The molecular formula is C18H32N4O7S2. The number of carboxylic acid groups (broad SMARTS) is 2. The number of hydrogen-bond donors (Lipinski definition) is 7. The van der Waals surface area contributed by atoms with E-state index in [4.69, 9.17) is 15.9 Å². The molecule has 0 saturated carbocycles. The van der Waals surface area contributed by atoms with Crippen LogP contribution in [-0.2, 0) is 24.0 Å². The topological polar surface area (TPSA) is 188 Å². The van der Waals surface area contributed by atoms with Gasteiger partial charge in [0.25, 0.3) is 0 Å². The van der Waals surface area contributed by atoms with Gasteiger partial charge >= 0.3 is 11.9 Å². The molecule has 0 aromatic rings. The van der Waals surface area contributed by atoms with Crippen molar-refractivity contribution >= 4 is 54.1 Å². The molecule has 0 saturated heterocycles. The number of carbonyl (C=O) groups excluding carboxylic acids is 3. The fraction of sp³-hybridized carbons (Fsp3) is 0.722. The lowest BCUT2D eigenvalue weighted by Crippen LogP contribution is -2.58. The van der Waals surface area contributed by atoms with Crippen LogP contribution in [0, 0.1) is 5.92 Å². The standard InChI is InChI=1S/C18H32N4O7S2/c1-9(2)6-10(19)15(25)22-13(8-30)17(27)20-11(4-5-31-3)16(26)21-12(18(28)29)7-14(23)24/h9-13,30H,4-8,19H2,1-3H3,(H,20,27)(H,21,26)(H,22,25)(H,23,24)(H,28,29). The number of nitrogens with two attached hydrogens (primary N) is 1. The molecule has 178 valence electrons. The summed E-state index contributed by atoms with van der Waals surface area (Å²) in [5.74, 6) is -4.37. The van der Waals surface area contributed by atoms with Gasteiger partial charge in [-0.15, -0.1) is 0 Å². The third kappa shape index (κ3) is 11.8. The molecule has 0 fully saturated rings. The van der Waals surface area contributed by atoms with Crippen molar-refractivity contribution in [1.29, 1.82) is 0 Å². The van der Waals surface area contributed by atoms with Crippen molar-refractivity contribution in [3.05, 3.63) is 0 Å². The third-order valence-corrected chi connectivity index (χ3v) is 5.12. The van der Waals surface area contributed by atoms with Crippen molar-refractivity contribution in [2.75, 3.05) is 17.8 Å². The number of amides is 3. The number of carboxylic acids is 2. The fourth-order valence-electron chi connectivity index (χ4n) is 2.51. The number of carbonyl (C=O) groups is 5. The molecule has 0 rings (SSSR count). The van der Waals surface area contributed by atoms with Crippen LogP contribution in [0.1, 0.15) is 33.1 Å². The second-order valence-electron chi connectivity index (χ2n) is 7.32. The SMILES string of the molecule is CSCCC(NC(=O)C(CS)NC(=O)C(N)CC(C)C)C(=O)NC(CC(=O)O)C(=O)O. The van der Waals surface area contributed by atoms with Gasteiger partial charge in [0.15, 0.2) is 0 Å². The maximum Gasteiger partial charge on any atom is 0.326 e. The van der Waals surface area contributed by atoms with E-state index >= 15 is 0 Å². The average molecular weight is 481 g/mol. The Morgan fingerprint density at radius 2 is 1.45 bits per heavy atom. The first-order valence-corrected chi connectivity index (χ1v) is 11.7. The van der Waals surface area contributed by atoms with E-state index < -0.39 is 60.2 Å². The Morgan fingerprint density at radius 3 is 1.90 bits per heavy atom. The molecule has 0 spiro atoms. The van der Waals surface area contributed by atoms with E-state index in [0.717, 1.165) is 0 Å². The molecule has 0 aromatic heterocycles. The average Bonchev–Trinajstić information content (AvgIpc) is 2.67. The van der Waals surface area contributed by atoms with Crippen LogP contribution in [0.4, 0.5) is 0 Å². The summed E-state index contributed by atoms with van der Waals surface area (Å²) < 4.78 is 0. The van der Waals surface area contributed by atoms with Gasteiger partial charge in [-0.3, -0.25) is 19.2 Å². The molecule has 4 atom stereocenters. The number of thioether (sulfide) groups is 1. The van der Waals surface area contributed by atoms with Crippen molar-refractivity contribution < 1.29 is 34.2 Å². The Labute approximate surface area is 191 Å². The van der Waals surface area contributed by atoms with Crippen molar-refractivity contribution in [1.82, 2.24) is 16.0 Å². The number of nitrogens with one attached hydrogen (secondary N) is 3. The minimum absolute atomic E-state index is 0.0559. The predicted molar refractivity (Wildman–Crippen MR) is 120 cm³/mol. The summed E-state index contributed by atoms with van der Waals surface area (Å²) in [7, 11) is 0. The maximum absolute atomic E-state index is 12.6. The van der Waals surface area contributed by atoms with Gasteiger partial charge in [0.05, 0.1) is 12.5 Å². The summed E-state index contributed by atoms with van der Waals surface area (Å²) in [5.41, 5.74) is 5.82. The first kappa shape index (κ1) is 29.0. The predicted octanol–water partition coefficient (Wildman–Crippen LogP) is -0.944. The molecule has 0 radical (unpaired) electrons. The molecule has 31 heavy (non-hydrogen) atoms. The number of thiol groups is 1. The lowest BCUT2D eigenvalue weighted by atomic mass is 10.0. The van der Waals surface area contributed by atoms with Crippen molar-refractivity contribution in [3.63, 3.8) is 0 Å². The number of hydrogen-bond acceptors (Lipinski definition) is 8. The van der Waals surface area contributed by atoms with Crippen molar-refractivity contribution in [3.8, 4) is 0 Å². The summed E-state index contributed by atoms with van der Waals surface area (Å²) in [5, 5.41) is 25.0. The smallest absolute Gasteiger partial charge is 0.326 e. The minimum Gasteiger partial charge on any atom is -0.481 e. The summed E-state index contributed by atoms with van der Waals surface area (Å²) >= 11 is 5.47. The van der Waals surface area contributed by atoms with Crippen molar-refractivity contribution in [2.24, 2.45) is 11.7 Å². The van der Waals surface area contributed by atoms with Gasteiger partial charge in [-0.2, -0.15) is 24.4 Å². The highest BCUT2D eigenvalue weighted by Gasteiger charge is 2.30. The van der Waals surface area contributed by atoms with E-state index in [-0.39, 0.29) is 18.1 Å². The monoisotopic (exact) mass is 480 g/mol. The van der Waals surface area contributed by atoms with Gasteiger partial charge in [-0.25, -0.2) is 4.79 Å². The lowest BCUT2D eigenvalue weighted by Gasteiger charge is -2.24. The van der Waals surface area contributed by atoms with Gasteiger partial charge in [0.2, 0.25) is 17.7 Å². The minimum atomic E-state index is -1.65. The summed E-state index contributed by atoms with van der Waals surface area (Å²) in [6.07, 6.45) is 1.56. The molecule has 0 aliphatic heterocycles. The molecule has 0 heterocycles. The van der Waals surface area contributed by atoms with Crippen LogP contribution >= 0.6 is 24.4 Å². The zero-order valence-electron chi connectivity index (χ0n) is 17.8. The molecule has 4 unspecified atom stereocenters. The van der Waals surface area contributed by atoms with E-state index in [2.05, 4.69) is 28.6 Å². The molecular weight excluding hydrogens is 448 g/mol. The zero-order valence-corrected chi connectivity index (χ0v) is 19.5. The molecule has 11 nitrogen and oxygen atoms in total. The quantitative estimate of drug-likeness (QED) is 0.145. The molecule has 0 aliphatic carbocycles. The Morgan fingerprint density at radius 1 is 0.935 bits per heavy atom. The third-order valence-electron chi connectivity index (χ3n) is 4.11. The van der Waals surface area contributed by atoms with Gasteiger partial charge < -0.3 is 31.9 Å². The van der Waals surface area contributed by atoms with Crippen molar-refractivity contribution in [2.45, 2.75) is 57.3 Å². The van der Waals surface area contributed by atoms with Crippen LogP contribution in [0.15, 0.2) is 0 Å². The zero-order chi connectivity index (χ0) is 24.1. The Kier molecular flexibility index (Phi) is 14.0. The number of rotatable bonds is 15. The van der Waals surface area contributed by atoms with Crippen LogP contribution in [-0.4, -0.2) is 81.8 Å². The Hall–Kier alpha value is -1.99. The molecule has 0 aromatic carbocycles. The van der Waals surface area contributed by atoms with Crippen LogP contribution in [0.2, 0.25) is 0 Å². The second kappa shape index (κ2) is 14.9. The van der Waals surface area contributed by atoms with E-state index in [1.165, 1.54) is 11.8 Å². The van der Waals surface area contributed by atoms with E-state index in [1.807, 2.05) is 13.8 Å². The largest absolute Gasteiger partial charge is 0.481 e. The highest BCUT2D eigenvalue weighted by atomic mass is 32.2. The Balaban J connectivity index is 5.22. The molecule has 0 aliphatic rings. The first-order chi connectivity index (χ1) is 14.4. The molecule has 7 N–H and O–H groups in total.